The maximum absolute atomic E-state index is 9.91. The van der Waals surface area contributed by atoms with Crippen LogP contribution in [0, 0.1) is 5.41 Å². The summed E-state index contributed by atoms with van der Waals surface area (Å²) in [7, 11) is 0. The van der Waals surface area contributed by atoms with E-state index < -0.39 is 0 Å². The van der Waals surface area contributed by atoms with Gasteiger partial charge in [-0.3, -0.25) is 0 Å². The lowest BCUT2D eigenvalue weighted by atomic mass is 9.81. The van der Waals surface area contributed by atoms with Crippen molar-refractivity contribution in [2.24, 2.45) is 5.41 Å². The van der Waals surface area contributed by atoms with Crippen LogP contribution in [0.2, 0.25) is 5.02 Å². The van der Waals surface area contributed by atoms with E-state index in [1.165, 1.54) is 6.20 Å². The Bertz CT molecular complexity index is 424. The van der Waals surface area contributed by atoms with Crippen LogP contribution in [0.5, 0.6) is 0 Å². The molecule has 2 heterocycles. The number of piperidine rings is 1. The number of aliphatic hydroxyl groups is 1. The molecule has 17 heavy (non-hydrogen) atoms. The van der Waals surface area contributed by atoms with Gasteiger partial charge >= 0.3 is 0 Å². The summed E-state index contributed by atoms with van der Waals surface area (Å²) < 4.78 is 0. The van der Waals surface area contributed by atoms with Gasteiger partial charge in [-0.1, -0.05) is 25.4 Å². The number of nitrogens with two attached hydrogens (primary N) is 1. The largest absolute Gasteiger partial charge is 0.392 e. The summed E-state index contributed by atoms with van der Waals surface area (Å²) in [5, 5.41) is 10.4. The molecule has 0 aliphatic carbocycles. The van der Waals surface area contributed by atoms with Gasteiger partial charge in [-0.25, -0.2) is 4.98 Å². The molecule has 1 unspecified atom stereocenters. The van der Waals surface area contributed by atoms with Gasteiger partial charge in [0.1, 0.15) is 5.02 Å². The number of hydrogen-bond donors (Lipinski definition) is 2. The van der Waals surface area contributed by atoms with E-state index in [0.29, 0.717) is 23.8 Å². The summed E-state index contributed by atoms with van der Waals surface area (Å²) in [5.41, 5.74) is 5.39. The highest BCUT2D eigenvalue weighted by Crippen LogP contribution is 2.33. The Kier molecular flexibility index (Phi) is 3.14. The molecule has 0 saturated carbocycles. The molecular weight excluding hydrogens is 240 g/mol. The third-order valence-electron chi connectivity index (χ3n) is 3.22. The fourth-order valence-electron chi connectivity index (χ4n) is 2.12. The Hall–Kier alpha value is -1.07. The molecule has 0 bridgehead atoms. The second-order valence-electron chi connectivity index (χ2n) is 5.11. The summed E-state index contributed by atoms with van der Waals surface area (Å²) in [4.78, 5) is 10.1. The zero-order valence-electron chi connectivity index (χ0n) is 10.0. The van der Waals surface area contributed by atoms with Crippen LogP contribution in [0.1, 0.15) is 20.3 Å². The monoisotopic (exact) mass is 256 g/mol. The average molecular weight is 257 g/mol. The van der Waals surface area contributed by atoms with Crippen molar-refractivity contribution in [2.45, 2.75) is 26.4 Å². The van der Waals surface area contributed by atoms with Crippen molar-refractivity contribution in [3.8, 4) is 0 Å². The van der Waals surface area contributed by atoms with E-state index >= 15 is 0 Å². The van der Waals surface area contributed by atoms with Gasteiger partial charge in [-0.2, -0.15) is 4.98 Å². The van der Waals surface area contributed by atoms with Crippen LogP contribution in [0.25, 0.3) is 0 Å². The van der Waals surface area contributed by atoms with Gasteiger partial charge in [0.25, 0.3) is 0 Å². The Morgan fingerprint density at radius 1 is 1.59 bits per heavy atom. The molecule has 1 aromatic rings. The summed E-state index contributed by atoms with van der Waals surface area (Å²) in [5.74, 6) is 0.868. The van der Waals surface area contributed by atoms with Gasteiger partial charge in [-0.05, 0) is 6.42 Å². The molecule has 1 saturated heterocycles. The van der Waals surface area contributed by atoms with E-state index in [1.54, 1.807) is 0 Å². The third kappa shape index (κ3) is 2.45. The first-order valence-corrected chi connectivity index (χ1v) is 5.99. The summed E-state index contributed by atoms with van der Waals surface area (Å²) in [6.07, 6.45) is 1.92. The standard InChI is InChI=1S/C11H17ClN4O/c1-11(2)6-16(4-3-8(11)17)9-7(12)5-14-10(13)15-9/h5,8,17H,3-4,6H2,1-2H3,(H2,13,14,15). The van der Waals surface area contributed by atoms with E-state index in [0.717, 1.165) is 6.54 Å². The lowest BCUT2D eigenvalue weighted by Crippen LogP contribution is -2.49. The van der Waals surface area contributed by atoms with Crippen molar-refractivity contribution < 1.29 is 5.11 Å². The predicted molar refractivity (Wildman–Crippen MR) is 68.1 cm³/mol. The zero-order chi connectivity index (χ0) is 12.6. The Morgan fingerprint density at radius 2 is 2.29 bits per heavy atom. The van der Waals surface area contributed by atoms with Crippen molar-refractivity contribution >= 4 is 23.4 Å². The van der Waals surface area contributed by atoms with E-state index in [2.05, 4.69) is 9.97 Å². The molecule has 0 aromatic carbocycles. The number of aliphatic hydroxyl groups excluding tert-OH is 1. The highest BCUT2D eigenvalue weighted by Gasteiger charge is 2.35. The molecule has 1 aliphatic rings. The molecule has 0 spiro atoms. The Labute approximate surface area is 106 Å². The first kappa shape index (κ1) is 12.4. The van der Waals surface area contributed by atoms with E-state index in [4.69, 9.17) is 17.3 Å². The lowest BCUT2D eigenvalue weighted by Gasteiger charge is -2.42. The van der Waals surface area contributed by atoms with Gasteiger partial charge in [-0.15, -0.1) is 0 Å². The molecule has 1 aliphatic heterocycles. The first-order valence-electron chi connectivity index (χ1n) is 5.61. The first-order chi connectivity index (χ1) is 7.90. The van der Waals surface area contributed by atoms with Crippen LogP contribution in [0.3, 0.4) is 0 Å². The number of nitrogens with zero attached hydrogens (tertiary/aromatic N) is 3. The second kappa shape index (κ2) is 4.31. The van der Waals surface area contributed by atoms with Crippen molar-refractivity contribution in [1.29, 1.82) is 0 Å². The number of aromatic nitrogens is 2. The number of halogens is 1. The minimum Gasteiger partial charge on any atom is -0.392 e. The van der Waals surface area contributed by atoms with Crippen LogP contribution >= 0.6 is 11.6 Å². The topological polar surface area (TPSA) is 75.3 Å². The fourth-order valence-corrected chi connectivity index (χ4v) is 2.33. The van der Waals surface area contributed by atoms with Crippen LogP contribution in [-0.4, -0.2) is 34.3 Å². The Balaban J connectivity index is 2.26. The second-order valence-corrected chi connectivity index (χ2v) is 5.52. The summed E-state index contributed by atoms with van der Waals surface area (Å²) >= 11 is 6.07. The molecule has 1 fully saturated rings. The smallest absolute Gasteiger partial charge is 0.222 e. The molecule has 1 aromatic heterocycles. The minimum absolute atomic E-state index is 0.179. The average Bonchev–Trinajstić information content (AvgIpc) is 2.25. The normalized spacial score (nSPS) is 23.8. The molecule has 1 atom stereocenters. The van der Waals surface area contributed by atoms with Gasteiger partial charge in [0, 0.05) is 18.5 Å². The van der Waals surface area contributed by atoms with Crippen LogP contribution in [0.4, 0.5) is 11.8 Å². The van der Waals surface area contributed by atoms with Crippen molar-refractivity contribution in [2.75, 3.05) is 23.7 Å². The Morgan fingerprint density at radius 3 is 2.94 bits per heavy atom. The van der Waals surface area contributed by atoms with E-state index in [-0.39, 0.29) is 17.5 Å². The minimum atomic E-state index is -0.295. The highest BCUT2D eigenvalue weighted by molar-refractivity contribution is 6.32. The molecule has 6 heteroatoms. The maximum atomic E-state index is 9.91. The summed E-state index contributed by atoms with van der Waals surface area (Å²) in [6.45, 7) is 5.48. The molecular formula is C11H17ClN4O. The van der Waals surface area contributed by atoms with Gasteiger partial charge in [0.05, 0.1) is 12.3 Å². The van der Waals surface area contributed by atoms with E-state index in [9.17, 15) is 5.11 Å². The quantitative estimate of drug-likeness (QED) is 0.792. The molecule has 3 N–H and O–H groups in total. The third-order valence-corrected chi connectivity index (χ3v) is 3.48. The van der Waals surface area contributed by atoms with Crippen molar-refractivity contribution in [1.82, 2.24) is 9.97 Å². The molecule has 0 amide bonds. The molecule has 5 nitrogen and oxygen atoms in total. The number of rotatable bonds is 1. The molecule has 2 rings (SSSR count). The van der Waals surface area contributed by atoms with Gasteiger partial charge in [0.15, 0.2) is 5.82 Å². The van der Waals surface area contributed by atoms with Crippen molar-refractivity contribution in [3.63, 3.8) is 0 Å². The van der Waals surface area contributed by atoms with Crippen molar-refractivity contribution in [3.05, 3.63) is 11.2 Å². The zero-order valence-corrected chi connectivity index (χ0v) is 10.8. The fraction of sp³-hybridized carbons (Fsp3) is 0.636. The maximum Gasteiger partial charge on any atom is 0.222 e. The molecule has 0 radical (unpaired) electrons. The van der Waals surface area contributed by atoms with Crippen LogP contribution in [0.15, 0.2) is 6.20 Å². The summed E-state index contributed by atoms with van der Waals surface area (Å²) in [6, 6.07) is 0. The molecule has 94 valence electrons. The van der Waals surface area contributed by atoms with Crippen LogP contribution in [-0.2, 0) is 0 Å². The highest BCUT2D eigenvalue weighted by atomic mass is 35.5. The number of hydrogen-bond acceptors (Lipinski definition) is 5. The van der Waals surface area contributed by atoms with E-state index in [1.807, 2.05) is 18.7 Å². The predicted octanol–water partition coefficient (Wildman–Crippen LogP) is 1.31. The SMILES string of the molecule is CC1(C)CN(c2nc(N)ncc2Cl)CCC1O. The number of nitrogen functional groups attached to an aromatic ring is 1. The van der Waals surface area contributed by atoms with Crippen LogP contribution < -0.4 is 10.6 Å². The lowest BCUT2D eigenvalue weighted by molar-refractivity contribution is 0.0334. The number of anilines is 2. The van der Waals surface area contributed by atoms with Gasteiger partial charge in [0.2, 0.25) is 5.95 Å². The van der Waals surface area contributed by atoms with Gasteiger partial charge < -0.3 is 15.7 Å².